The van der Waals surface area contributed by atoms with Crippen LogP contribution < -0.4 is 0 Å². The van der Waals surface area contributed by atoms with Gasteiger partial charge in [-0.1, -0.05) is 6.42 Å². The maximum Gasteiger partial charge on any atom is 0.270 e. The van der Waals surface area contributed by atoms with Gasteiger partial charge in [0.15, 0.2) is 5.79 Å². The molecule has 1 amide bonds. The second-order valence-electron chi connectivity index (χ2n) is 8.30. The molecule has 0 aromatic carbocycles. The number of thiophene rings is 1. The predicted molar refractivity (Wildman–Crippen MR) is 110 cm³/mol. The van der Waals surface area contributed by atoms with E-state index in [9.17, 15) is 4.79 Å². The maximum absolute atomic E-state index is 13.1. The molecule has 1 N–H and O–H groups in total. The number of ether oxygens (including phenoxy) is 2. The van der Waals surface area contributed by atoms with Gasteiger partial charge in [0.1, 0.15) is 5.69 Å². The van der Waals surface area contributed by atoms with E-state index in [1.165, 1.54) is 47.5 Å². The van der Waals surface area contributed by atoms with Crippen LogP contribution >= 0.6 is 11.3 Å². The highest BCUT2D eigenvalue weighted by Crippen LogP contribution is 2.34. The predicted octanol–water partition coefficient (Wildman–Crippen LogP) is 3.50. The molecule has 2 aromatic heterocycles. The van der Waals surface area contributed by atoms with Crippen molar-refractivity contribution in [2.75, 3.05) is 39.4 Å². The fourth-order valence-corrected chi connectivity index (χ4v) is 5.87. The minimum Gasteiger partial charge on any atom is -0.350 e. The Bertz CT molecular complexity index is 852. The Morgan fingerprint density at radius 2 is 1.86 bits per heavy atom. The van der Waals surface area contributed by atoms with Crippen LogP contribution in [0.4, 0.5) is 0 Å². The monoisotopic (exact) mass is 403 g/mol. The van der Waals surface area contributed by atoms with Gasteiger partial charge in [0.2, 0.25) is 0 Å². The summed E-state index contributed by atoms with van der Waals surface area (Å²) in [4.78, 5) is 22.4. The molecule has 0 atom stereocenters. The van der Waals surface area contributed by atoms with E-state index in [0.29, 0.717) is 32.0 Å². The molecular weight excluding hydrogens is 374 g/mol. The van der Waals surface area contributed by atoms with Crippen molar-refractivity contribution in [1.29, 1.82) is 0 Å². The first kappa shape index (κ1) is 18.6. The fourth-order valence-electron chi connectivity index (χ4n) is 4.80. The van der Waals surface area contributed by atoms with Gasteiger partial charge in [-0.2, -0.15) is 0 Å². The Hall–Kier alpha value is -1.41. The lowest BCUT2D eigenvalue weighted by Gasteiger charge is -2.37. The molecular formula is C21H29N3O3S. The Labute approximate surface area is 169 Å². The Kier molecular flexibility index (Phi) is 4.95. The summed E-state index contributed by atoms with van der Waals surface area (Å²) in [7, 11) is 0. The molecule has 152 valence electrons. The number of piperidine rings is 2. The SMILES string of the molecule is Cc1sc2cc(C(=O)N3CCC4(CC3)OCCO4)[nH]c2c1CN1CCCCC1. The van der Waals surface area contributed by atoms with E-state index in [2.05, 4.69) is 16.8 Å². The number of H-pyrrole nitrogens is 1. The summed E-state index contributed by atoms with van der Waals surface area (Å²) in [5.41, 5.74) is 3.24. The van der Waals surface area contributed by atoms with Gasteiger partial charge in [-0.05, 0) is 38.9 Å². The largest absolute Gasteiger partial charge is 0.350 e. The first-order chi connectivity index (χ1) is 13.6. The van der Waals surface area contributed by atoms with E-state index in [1.54, 1.807) is 11.3 Å². The lowest BCUT2D eigenvalue weighted by Crippen LogP contribution is -2.47. The molecule has 0 saturated carbocycles. The third kappa shape index (κ3) is 3.38. The number of hydrogen-bond donors (Lipinski definition) is 1. The molecule has 3 saturated heterocycles. The number of likely N-dealkylation sites (tertiary alicyclic amines) is 2. The highest BCUT2D eigenvalue weighted by atomic mass is 32.1. The van der Waals surface area contributed by atoms with Gasteiger partial charge in [0, 0.05) is 42.9 Å². The van der Waals surface area contributed by atoms with E-state index in [1.807, 2.05) is 11.0 Å². The van der Waals surface area contributed by atoms with Gasteiger partial charge in [-0.3, -0.25) is 9.69 Å². The van der Waals surface area contributed by atoms with E-state index < -0.39 is 5.79 Å². The van der Waals surface area contributed by atoms with Crippen LogP contribution in [0.3, 0.4) is 0 Å². The molecule has 0 unspecified atom stereocenters. The lowest BCUT2D eigenvalue weighted by molar-refractivity contribution is -0.181. The van der Waals surface area contributed by atoms with Crippen LogP contribution in [0.5, 0.6) is 0 Å². The number of carbonyl (C=O) groups excluding carboxylic acids is 1. The van der Waals surface area contributed by atoms with Gasteiger partial charge < -0.3 is 19.4 Å². The number of aromatic amines is 1. The van der Waals surface area contributed by atoms with Crippen LogP contribution in [0.25, 0.3) is 10.2 Å². The minimum absolute atomic E-state index is 0.0952. The number of carbonyl (C=O) groups is 1. The average Bonchev–Trinajstić information content (AvgIpc) is 3.40. The first-order valence-electron chi connectivity index (χ1n) is 10.5. The lowest BCUT2D eigenvalue weighted by atomic mass is 10.0. The second kappa shape index (κ2) is 7.44. The Balaban J connectivity index is 1.31. The standard InChI is InChI=1S/C21H29N3O3S/c1-15-16(14-23-7-3-2-4-8-23)19-18(28-15)13-17(22-19)20(25)24-9-5-21(6-10-24)26-11-12-27-21/h13,22H,2-12,14H2,1H3. The molecule has 6 nitrogen and oxygen atoms in total. The van der Waals surface area contributed by atoms with E-state index >= 15 is 0 Å². The van der Waals surface area contributed by atoms with Gasteiger partial charge >= 0.3 is 0 Å². The van der Waals surface area contributed by atoms with Crippen molar-refractivity contribution in [3.8, 4) is 0 Å². The highest BCUT2D eigenvalue weighted by Gasteiger charge is 2.41. The summed E-state index contributed by atoms with van der Waals surface area (Å²) in [6.07, 6.45) is 5.46. The van der Waals surface area contributed by atoms with E-state index in [0.717, 1.165) is 24.9 Å². The number of rotatable bonds is 3. The van der Waals surface area contributed by atoms with Crippen LogP contribution in [-0.2, 0) is 16.0 Å². The van der Waals surface area contributed by atoms with Crippen molar-refractivity contribution in [3.63, 3.8) is 0 Å². The maximum atomic E-state index is 13.1. The zero-order chi connectivity index (χ0) is 19.1. The second-order valence-corrected chi connectivity index (χ2v) is 9.55. The summed E-state index contributed by atoms with van der Waals surface area (Å²) in [5, 5.41) is 0. The van der Waals surface area contributed by atoms with Crippen molar-refractivity contribution in [1.82, 2.24) is 14.8 Å². The fraction of sp³-hybridized carbons (Fsp3) is 0.667. The summed E-state index contributed by atoms with van der Waals surface area (Å²) in [5.74, 6) is -0.344. The normalized spacial score (nSPS) is 23.1. The summed E-state index contributed by atoms with van der Waals surface area (Å²) in [6, 6.07) is 2.04. The molecule has 3 aliphatic heterocycles. The quantitative estimate of drug-likeness (QED) is 0.852. The minimum atomic E-state index is -0.439. The zero-order valence-corrected chi connectivity index (χ0v) is 17.4. The van der Waals surface area contributed by atoms with Crippen LogP contribution in [0, 0.1) is 6.92 Å². The number of hydrogen-bond acceptors (Lipinski definition) is 5. The van der Waals surface area contributed by atoms with Crippen LogP contribution in [0.15, 0.2) is 6.07 Å². The van der Waals surface area contributed by atoms with Gasteiger partial charge in [-0.25, -0.2) is 0 Å². The Morgan fingerprint density at radius 1 is 1.14 bits per heavy atom. The Morgan fingerprint density at radius 3 is 2.57 bits per heavy atom. The number of aryl methyl sites for hydroxylation is 1. The molecule has 0 aliphatic carbocycles. The van der Waals surface area contributed by atoms with Crippen molar-refractivity contribution in [3.05, 3.63) is 22.2 Å². The number of nitrogens with one attached hydrogen (secondary N) is 1. The summed E-state index contributed by atoms with van der Waals surface area (Å²) < 4.78 is 12.8. The van der Waals surface area contributed by atoms with Crippen molar-refractivity contribution in [2.24, 2.45) is 0 Å². The summed E-state index contributed by atoms with van der Waals surface area (Å²) in [6.45, 7) is 8.26. The zero-order valence-electron chi connectivity index (χ0n) is 16.6. The highest BCUT2D eigenvalue weighted by molar-refractivity contribution is 7.19. The topological polar surface area (TPSA) is 57.8 Å². The smallest absolute Gasteiger partial charge is 0.270 e. The molecule has 0 bridgehead atoms. The number of nitrogens with zero attached hydrogens (tertiary/aromatic N) is 2. The van der Waals surface area contributed by atoms with Crippen LogP contribution in [0.2, 0.25) is 0 Å². The third-order valence-corrected chi connectivity index (χ3v) is 7.55. The molecule has 5 rings (SSSR count). The molecule has 28 heavy (non-hydrogen) atoms. The van der Waals surface area contributed by atoms with Crippen LogP contribution in [0.1, 0.15) is 53.0 Å². The molecule has 3 aliphatic rings. The molecule has 3 fully saturated rings. The van der Waals surface area contributed by atoms with E-state index in [4.69, 9.17) is 9.47 Å². The van der Waals surface area contributed by atoms with Gasteiger partial charge in [0.05, 0.1) is 23.4 Å². The van der Waals surface area contributed by atoms with Crippen molar-refractivity contribution in [2.45, 2.75) is 51.4 Å². The number of fused-ring (bicyclic) bond motifs is 1. The van der Waals surface area contributed by atoms with E-state index in [-0.39, 0.29) is 5.91 Å². The average molecular weight is 404 g/mol. The molecule has 1 spiro atoms. The third-order valence-electron chi connectivity index (χ3n) is 6.46. The molecule has 7 heteroatoms. The van der Waals surface area contributed by atoms with Crippen molar-refractivity contribution < 1.29 is 14.3 Å². The number of amides is 1. The van der Waals surface area contributed by atoms with Gasteiger partial charge in [-0.15, -0.1) is 11.3 Å². The molecule has 2 aromatic rings. The summed E-state index contributed by atoms with van der Waals surface area (Å²) >= 11 is 1.80. The number of aromatic nitrogens is 1. The molecule has 5 heterocycles. The molecule has 0 radical (unpaired) electrons. The van der Waals surface area contributed by atoms with Gasteiger partial charge in [0.25, 0.3) is 5.91 Å². The van der Waals surface area contributed by atoms with Crippen molar-refractivity contribution >= 4 is 27.5 Å². The first-order valence-corrected chi connectivity index (χ1v) is 11.4. The van der Waals surface area contributed by atoms with Crippen LogP contribution in [-0.4, -0.2) is 65.9 Å².